The van der Waals surface area contributed by atoms with Crippen LogP contribution in [0.5, 0.6) is 0 Å². The molecule has 3 aromatic rings. The van der Waals surface area contributed by atoms with Crippen LogP contribution in [0.2, 0.25) is 18.6 Å². The van der Waals surface area contributed by atoms with Crippen molar-refractivity contribution in [2.75, 3.05) is 24.6 Å². The van der Waals surface area contributed by atoms with E-state index in [4.69, 9.17) is 4.74 Å². The van der Waals surface area contributed by atoms with Gasteiger partial charge in [-0.1, -0.05) is 48.4 Å². The van der Waals surface area contributed by atoms with Gasteiger partial charge < -0.3 is 24.4 Å². The molecule has 0 bridgehead atoms. The number of anilines is 1. The second kappa shape index (κ2) is 14.0. The number of aromatic nitrogens is 2. The molecule has 1 spiro atoms. The van der Waals surface area contributed by atoms with Crippen molar-refractivity contribution in [2.24, 2.45) is 5.92 Å². The molecule has 5 atom stereocenters. The molecule has 10 nitrogen and oxygen atoms in total. The Hall–Kier alpha value is -3.90. The van der Waals surface area contributed by atoms with Crippen molar-refractivity contribution < 1.29 is 24.2 Å². The van der Waals surface area contributed by atoms with E-state index in [1.807, 2.05) is 50.3 Å². The molecule has 2 N–H and O–H groups in total. The smallest absolute Gasteiger partial charge is 0.279 e. The maximum atomic E-state index is 14.9. The van der Waals surface area contributed by atoms with Gasteiger partial charge in [-0.2, -0.15) is 9.78 Å². The van der Waals surface area contributed by atoms with Crippen LogP contribution in [0.25, 0.3) is 16.5 Å². The van der Waals surface area contributed by atoms with E-state index in [0.29, 0.717) is 35.4 Å². The normalized spacial score (nSPS) is 25.2. The fourth-order valence-corrected chi connectivity index (χ4v) is 11.0. The number of hydrogen-bond acceptors (Lipinski definition) is 7. The minimum Gasteiger partial charge on any atom is -0.432 e. The summed E-state index contributed by atoms with van der Waals surface area (Å²) < 4.78 is 8.31. The predicted octanol–water partition coefficient (Wildman–Crippen LogP) is 5.60. The molecule has 2 amide bonds. The maximum Gasteiger partial charge on any atom is 0.279 e. The van der Waals surface area contributed by atoms with E-state index < -0.39 is 31.5 Å². The highest BCUT2D eigenvalue weighted by molar-refractivity contribution is 6.71. The van der Waals surface area contributed by atoms with Crippen LogP contribution in [0.3, 0.4) is 0 Å². The number of carbonyl (C=O) groups excluding carboxylic acids is 2. The predicted molar refractivity (Wildman–Crippen MR) is 198 cm³/mol. The van der Waals surface area contributed by atoms with Crippen LogP contribution in [0.4, 0.5) is 5.69 Å². The van der Waals surface area contributed by atoms with Gasteiger partial charge in [0.05, 0.1) is 48.1 Å². The third-order valence-electron chi connectivity index (χ3n) is 10.9. The van der Waals surface area contributed by atoms with E-state index in [0.717, 1.165) is 36.6 Å². The minimum absolute atomic E-state index is 0.00160. The zero-order valence-electron chi connectivity index (χ0n) is 30.1. The van der Waals surface area contributed by atoms with Crippen molar-refractivity contribution in [3.05, 3.63) is 87.9 Å². The molecule has 4 heterocycles. The highest BCUT2D eigenvalue weighted by Gasteiger charge is 2.66. The summed E-state index contributed by atoms with van der Waals surface area (Å²) in [4.78, 5) is 57.6. The first kappa shape index (κ1) is 35.9. The first-order valence-corrected chi connectivity index (χ1v) is 20.8. The van der Waals surface area contributed by atoms with Crippen molar-refractivity contribution in [3.63, 3.8) is 0 Å². The molecular weight excluding hydrogens is 649 g/mol. The molecule has 0 saturated carbocycles. The van der Waals surface area contributed by atoms with E-state index in [9.17, 15) is 24.3 Å². The largest absolute Gasteiger partial charge is 0.432 e. The molecule has 1 aromatic heterocycles. The van der Waals surface area contributed by atoms with E-state index in [-0.39, 0.29) is 36.4 Å². The summed E-state index contributed by atoms with van der Waals surface area (Å²) in [5.74, 6) is -0.858. The van der Waals surface area contributed by atoms with Gasteiger partial charge >= 0.3 is 0 Å². The Morgan fingerprint density at radius 3 is 2.60 bits per heavy atom. The number of fused-ring (bicyclic) bond motifs is 3. The van der Waals surface area contributed by atoms with Crippen LogP contribution in [0, 0.1) is 5.92 Å². The monoisotopic (exact) mass is 698 g/mol. The summed E-state index contributed by atoms with van der Waals surface area (Å²) >= 11 is 0. The molecule has 2 saturated heterocycles. The van der Waals surface area contributed by atoms with Crippen LogP contribution >= 0.6 is 0 Å². The Labute approximate surface area is 295 Å². The van der Waals surface area contributed by atoms with E-state index in [1.165, 1.54) is 10.3 Å². The van der Waals surface area contributed by atoms with E-state index in [1.54, 1.807) is 28.1 Å². The Bertz CT molecular complexity index is 1910. The SMILES string of the molecule is CC(C)=CCC/C(C)=C/CN1C(=O)[C@]2(O[C@H](CC(=O)N3CCC[C@H]3CO)[C@@H]([Si](C)(C)O)[C@@H]2C)c2cc(-n3ncc4ccccc4c3=O)ccc21. The van der Waals surface area contributed by atoms with Gasteiger partial charge in [-0.15, -0.1) is 0 Å². The lowest BCUT2D eigenvalue weighted by Crippen LogP contribution is -2.46. The fraction of sp³-hybridized carbons (Fsp3) is 0.487. The number of allylic oxidation sites excluding steroid dienone is 3. The van der Waals surface area contributed by atoms with Gasteiger partial charge in [0.2, 0.25) is 5.91 Å². The van der Waals surface area contributed by atoms with Crippen LogP contribution in [-0.2, 0) is 19.9 Å². The van der Waals surface area contributed by atoms with E-state index in [2.05, 4.69) is 38.0 Å². The van der Waals surface area contributed by atoms with Crippen molar-refractivity contribution in [2.45, 2.75) is 96.2 Å². The molecule has 11 heteroatoms. The van der Waals surface area contributed by atoms with Gasteiger partial charge in [0.1, 0.15) is 0 Å². The Morgan fingerprint density at radius 2 is 1.88 bits per heavy atom. The number of aliphatic hydroxyl groups excluding tert-OH is 1. The number of carbonyl (C=O) groups is 2. The Morgan fingerprint density at radius 1 is 1.12 bits per heavy atom. The number of nitrogens with zero attached hydrogens (tertiary/aromatic N) is 4. The highest BCUT2D eigenvalue weighted by Crippen LogP contribution is 2.60. The zero-order chi connectivity index (χ0) is 36.0. The molecular formula is C39H50N4O6Si. The first-order valence-electron chi connectivity index (χ1n) is 17.8. The summed E-state index contributed by atoms with van der Waals surface area (Å²) in [7, 11) is -3.03. The second-order valence-electron chi connectivity index (χ2n) is 15.1. The lowest BCUT2D eigenvalue weighted by Gasteiger charge is -2.32. The lowest BCUT2D eigenvalue weighted by molar-refractivity contribution is -0.149. The summed E-state index contributed by atoms with van der Waals surface area (Å²) in [5.41, 5.74) is 2.01. The first-order chi connectivity index (χ1) is 23.8. The van der Waals surface area contributed by atoms with Crippen LogP contribution in [0.15, 0.2) is 76.8 Å². The van der Waals surface area contributed by atoms with Crippen LogP contribution < -0.4 is 10.5 Å². The van der Waals surface area contributed by atoms with E-state index >= 15 is 0 Å². The molecule has 6 rings (SSSR count). The van der Waals surface area contributed by atoms with Crippen molar-refractivity contribution in [1.29, 1.82) is 0 Å². The van der Waals surface area contributed by atoms with Crippen LogP contribution in [-0.4, -0.2) is 76.6 Å². The van der Waals surface area contributed by atoms with Crippen molar-refractivity contribution in [1.82, 2.24) is 14.7 Å². The average Bonchev–Trinajstić information content (AvgIpc) is 3.73. The van der Waals surface area contributed by atoms with Crippen molar-refractivity contribution in [3.8, 4) is 5.69 Å². The third kappa shape index (κ3) is 6.40. The minimum atomic E-state index is -3.03. The maximum absolute atomic E-state index is 14.9. The zero-order valence-corrected chi connectivity index (χ0v) is 31.1. The van der Waals surface area contributed by atoms with Crippen molar-refractivity contribution >= 4 is 36.6 Å². The van der Waals surface area contributed by atoms with Gasteiger partial charge in [-0.3, -0.25) is 14.4 Å². The molecule has 3 aliphatic rings. The number of hydrogen-bond donors (Lipinski definition) is 2. The fourth-order valence-electron chi connectivity index (χ4n) is 8.43. The van der Waals surface area contributed by atoms with Gasteiger partial charge in [-0.05, 0) is 83.8 Å². The molecule has 266 valence electrons. The summed E-state index contributed by atoms with van der Waals surface area (Å²) in [5, 5.41) is 15.7. The van der Waals surface area contributed by atoms with Gasteiger partial charge in [0.25, 0.3) is 11.5 Å². The number of rotatable bonds is 10. The second-order valence-corrected chi connectivity index (χ2v) is 19.0. The highest BCUT2D eigenvalue weighted by atomic mass is 28.4. The standard InChI is InChI=1S/C39H50N4O6Si/c1-25(2)11-9-12-26(3)18-20-42-33-17-16-29(43-37(46)31-15-8-7-13-28(31)23-40-43)21-32(33)39(38(42)47)27(4)36(50(5,6)48)34(49-39)22-35(45)41-19-10-14-30(41)24-44/h7-8,11,13,15-18,21,23,27,30,34,36,44,48H,9-10,12,14,19-20,22,24H2,1-6H3/b26-18+/t27-,30-,34+,36-,39+/m0/s1. The number of ether oxygens (including phenoxy) is 1. The Kier molecular flexibility index (Phi) is 10.1. The average molecular weight is 699 g/mol. The summed E-state index contributed by atoms with van der Waals surface area (Å²) in [6.45, 7) is 12.7. The Balaban J connectivity index is 1.44. The summed E-state index contributed by atoms with van der Waals surface area (Å²) in [6, 6.07) is 12.5. The van der Waals surface area contributed by atoms with Gasteiger partial charge in [0.15, 0.2) is 13.9 Å². The van der Waals surface area contributed by atoms with Crippen LogP contribution in [0.1, 0.15) is 65.4 Å². The lowest BCUT2D eigenvalue weighted by atomic mass is 9.82. The molecule has 0 unspecified atom stereocenters. The quantitative estimate of drug-likeness (QED) is 0.209. The van der Waals surface area contributed by atoms with Gasteiger partial charge in [0, 0.05) is 35.5 Å². The number of benzene rings is 2. The third-order valence-corrected chi connectivity index (χ3v) is 13.4. The number of likely N-dealkylation sites (tertiary alicyclic amines) is 1. The molecule has 2 aromatic carbocycles. The molecule has 3 aliphatic heterocycles. The number of amides is 2. The number of aliphatic hydroxyl groups is 1. The molecule has 50 heavy (non-hydrogen) atoms. The molecule has 0 radical (unpaired) electrons. The summed E-state index contributed by atoms with van der Waals surface area (Å²) in [6.07, 6.45) is 8.57. The molecule has 2 fully saturated rings. The van der Waals surface area contributed by atoms with Gasteiger partial charge in [-0.25, -0.2) is 0 Å². The topological polar surface area (TPSA) is 125 Å². The molecule has 0 aliphatic carbocycles.